The maximum absolute atomic E-state index is 6.12. The molecule has 0 aliphatic heterocycles. The van der Waals surface area contributed by atoms with Crippen molar-refractivity contribution in [2.45, 2.75) is 45.6 Å². The summed E-state index contributed by atoms with van der Waals surface area (Å²) in [6.07, 6.45) is 2.50. The quantitative estimate of drug-likeness (QED) is 0.822. The van der Waals surface area contributed by atoms with E-state index in [1.54, 1.807) is 0 Å². The van der Waals surface area contributed by atoms with Gasteiger partial charge in [0.05, 0.1) is 11.4 Å². The van der Waals surface area contributed by atoms with Crippen molar-refractivity contribution >= 4 is 11.5 Å². The van der Waals surface area contributed by atoms with Crippen molar-refractivity contribution in [2.24, 2.45) is 13.0 Å². The van der Waals surface area contributed by atoms with E-state index >= 15 is 0 Å². The fraction of sp³-hybridized carbons (Fsp3) is 0.750. The minimum Gasteiger partial charge on any atom is -0.394 e. The van der Waals surface area contributed by atoms with Crippen molar-refractivity contribution < 1.29 is 0 Å². The molecule has 2 atom stereocenters. The van der Waals surface area contributed by atoms with Crippen LogP contribution in [0.15, 0.2) is 0 Å². The molecule has 1 aromatic rings. The van der Waals surface area contributed by atoms with Gasteiger partial charge in [0.25, 0.3) is 0 Å². The van der Waals surface area contributed by atoms with E-state index in [1.165, 1.54) is 12.8 Å². The van der Waals surface area contributed by atoms with Crippen LogP contribution >= 0.6 is 0 Å². The van der Waals surface area contributed by atoms with Crippen LogP contribution in [-0.4, -0.2) is 15.8 Å². The average Bonchev–Trinajstić information content (AvgIpc) is 2.93. The van der Waals surface area contributed by atoms with Gasteiger partial charge in [0.2, 0.25) is 0 Å². The molecular formula is C12H22N4. The minimum absolute atomic E-state index is 0.378. The molecular weight excluding hydrogens is 200 g/mol. The van der Waals surface area contributed by atoms with E-state index in [9.17, 15) is 0 Å². The molecule has 1 aromatic heterocycles. The third kappa shape index (κ3) is 1.88. The van der Waals surface area contributed by atoms with E-state index in [0.717, 1.165) is 23.1 Å². The van der Waals surface area contributed by atoms with Gasteiger partial charge in [0, 0.05) is 13.1 Å². The second kappa shape index (κ2) is 4.00. The highest BCUT2D eigenvalue weighted by Crippen LogP contribution is 2.38. The highest BCUT2D eigenvalue weighted by atomic mass is 15.3. The first-order chi connectivity index (χ1) is 7.54. The van der Waals surface area contributed by atoms with Crippen molar-refractivity contribution in [3.8, 4) is 0 Å². The fourth-order valence-electron chi connectivity index (χ4n) is 2.21. The van der Waals surface area contributed by atoms with E-state index in [1.807, 2.05) is 11.7 Å². The molecule has 1 heterocycles. The fourth-order valence-corrected chi connectivity index (χ4v) is 2.21. The molecule has 2 unspecified atom stereocenters. The highest BCUT2D eigenvalue weighted by Gasteiger charge is 2.36. The van der Waals surface area contributed by atoms with Crippen LogP contribution < -0.4 is 11.1 Å². The molecule has 3 N–H and O–H groups in total. The summed E-state index contributed by atoms with van der Waals surface area (Å²) in [4.78, 5) is 0. The summed E-state index contributed by atoms with van der Waals surface area (Å²) in [5, 5.41) is 7.97. The minimum atomic E-state index is 0.378. The zero-order valence-corrected chi connectivity index (χ0v) is 10.6. The van der Waals surface area contributed by atoms with Crippen LogP contribution in [0.1, 0.15) is 45.2 Å². The molecule has 0 amide bonds. The molecule has 0 radical (unpaired) electrons. The molecule has 4 heteroatoms. The average molecular weight is 222 g/mol. The van der Waals surface area contributed by atoms with Gasteiger partial charge in [-0.15, -0.1) is 0 Å². The summed E-state index contributed by atoms with van der Waals surface area (Å²) in [6.45, 7) is 6.47. The third-order valence-electron chi connectivity index (χ3n) is 3.43. The monoisotopic (exact) mass is 222 g/mol. The van der Waals surface area contributed by atoms with E-state index < -0.39 is 0 Å². The van der Waals surface area contributed by atoms with E-state index in [0.29, 0.717) is 12.0 Å². The van der Waals surface area contributed by atoms with Crippen LogP contribution in [0, 0.1) is 5.92 Å². The standard InChI is InChI=1S/C12H22N4/c1-5-8-6-9(8)14-12-10(13)11(7(2)3)15-16(12)4/h7-9,14H,5-6,13H2,1-4H3. The molecule has 0 spiro atoms. The van der Waals surface area contributed by atoms with E-state index in [2.05, 4.69) is 31.2 Å². The van der Waals surface area contributed by atoms with Crippen LogP contribution in [-0.2, 0) is 7.05 Å². The van der Waals surface area contributed by atoms with Gasteiger partial charge in [-0.2, -0.15) is 5.10 Å². The molecule has 1 aliphatic carbocycles. The van der Waals surface area contributed by atoms with Gasteiger partial charge >= 0.3 is 0 Å². The molecule has 4 nitrogen and oxygen atoms in total. The summed E-state index contributed by atoms with van der Waals surface area (Å²) in [5.74, 6) is 2.18. The van der Waals surface area contributed by atoms with Crippen LogP contribution in [0.3, 0.4) is 0 Å². The number of nitrogens with one attached hydrogen (secondary N) is 1. The van der Waals surface area contributed by atoms with Crippen LogP contribution in [0.2, 0.25) is 0 Å². The van der Waals surface area contributed by atoms with Gasteiger partial charge in [-0.1, -0.05) is 27.2 Å². The lowest BCUT2D eigenvalue weighted by atomic mass is 10.1. The lowest BCUT2D eigenvalue weighted by Gasteiger charge is -2.07. The van der Waals surface area contributed by atoms with Gasteiger partial charge in [-0.25, -0.2) is 0 Å². The first-order valence-electron chi connectivity index (χ1n) is 6.13. The Morgan fingerprint density at radius 2 is 2.25 bits per heavy atom. The number of anilines is 2. The number of nitrogen functional groups attached to an aromatic ring is 1. The first kappa shape index (κ1) is 11.3. The molecule has 1 saturated carbocycles. The molecule has 1 aliphatic rings. The summed E-state index contributed by atoms with van der Waals surface area (Å²) >= 11 is 0. The largest absolute Gasteiger partial charge is 0.394 e. The molecule has 16 heavy (non-hydrogen) atoms. The Kier molecular flexibility index (Phi) is 2.82. The lowest BCUT2D eigenvalue weighted by Crippen LogP contribution is -2.10. The molecule has 0 aromatic carbocycles. The number of hydrogen-bond acceptors (Lipinski definition) is 3. The normalized spacial score (nSPS) is 23.8. The Balaban J connectivity index is 2.15. The predicted octanol–water partition coefficient (Wildman–Crippen LogP) is 2.34. The number of hydrogen-bond donors (Lipinski definition) is 2. The Morgan fingerprint density at radius 1 is 1.56 bits per heavy atom. The van der Waals surface area contributed by atoms with Crippen LogP contribution in [0.4, 0.5) is 11.5 Å². The van der Waals surface area contributed by atoms with Gasteiger partial charge in [-0.05, 0) is 18.3 Å². The Morgan fingerprint density at radius 3 is 2.69 bits per heavy atom. The summed E-state index contributed by atoms with van der Waals surface area (Å²) in [7, 11) is 1.95. The second-order valence-electron chi connectivity index (χ2n) is 5.08. The molecule has 90 valence electrons. The second-order valence-corrected chi connectivity index (χ2v) is 5.08. The maximum atomic E-state index is 6.12. The number of nitrogens with two attached hydrogens (primary N) is 1. The number of rotatable bonds is 4. The zero-order valence-electron chi connectivity index (χ0n) is 10.6. The van der Waals surface area contributed by atoms with Crippen molar-refractivity contribution in [1.29, 1.82) is 0 Å². The topological polar surface area (TPSA) is 55.9 Å². The highest BCUT2D eigenvalue weighted by molar-refractivity contribution is 5.66. The molecule has 0 bridgehead atoms. The van der Waals surface area contributed by atoms with Crippen LogP contribution in [0.5, 0.6) is 0 Å². The molecule has 2 rings (SSSR count). The first-order valence-corrected chi connectivity index (χ1v) is 6.13. The Labute approximate surface area is 97.2 Å². The molecule has 0 saturated heterocycles. The summed E-state index contributed by atoms with van der Waals surface area (Å²) in [6, 6.07) is 0.600. The lowest BCUT2D eigenvalue weighted by molar-refractivity contribution is 0.710. The van der Waals surface area contributed by atoms with Gasteiger partial charge < -0.3 is 11.1 Å². The maximum Gasteiger partial charge on any atom is 0.148 e. The number of nitrogens with zero attached hydrogens (tertiary/aromatic N) is 2. The predicted molar refractivity (Wildman–Crippen MR) is 67.5 cm³/mol. The summed E-state index contributed by atoms with van der Waals surface area (Å²) < 4.78 is 1.87. The van der Waals surface area contributed by atoms with Crippen molar-refractivity contribution in [3.05, 3.63) is 5.69 Å². The number of aromatic nitrogens is 2. The van der Waals surface area contributed by atoms with Gasteiger partial charge in [-0.3, -0.25) is 4.68 Å². The number of aryl methyl sites for hydroxylation is 1. The van der Waals surface area contributed by atoms with Crippen LogP contribution in [0.25, 0.3) is 0 Å². The van der Waals surface area contributed by atoms with Crippen molar-refractivity contribution in [1.82, 2.24) is 9.78 Å². The van der Waals surface area contributed by atoms with Crippen molar-refractivity contribution in [3.63, 3.8) is 0 Å². The Bertz CT molecular complexity index is 381. The third-order valence-corrected chi connectivity index (χ3v) is 3.43. The smallest absolute Gasteiger partial charge is 0.148 e. The Hall–Kier alpha value is -1.19. The SMILES string of the molecule is CCC1CC1Nc1c(N)c(C(C)C)nn1C. The molecule has 1 fully saturated rings. The van der Waals surface area contributed by atoms with Gasteiger partial charge in [0.1, 0.15) is 5.82 Å². The van der Waals surface area contributed by atoms with Crippen molar-refractivity contribution in [2.75, 3.05) is 11.1 Å². The summed E-state index contributed by atoms with van der Waals surface area (Å²) in [5.41, 5.74) is 7.94. The van der Waals surface area contributed by atoms with Gasteiger partial charge in [0.15, 0.2) is 0 Å². The van der Waals surface area contributed by atoms with E-state index in [4.69, 9.17) is 5.73 Å². The van der Waals surface area contributed by atoms with E-state index in [-0.39, 0.29) is 0 Å². The zero-order chi connectivity index (χ0) is 11.9.